The quantitative estimate of drug-likeness (QED) is 0.633. The zero-order valence-electron chi connectivity index (χ0n) is 9.04. The first-order valence-corrected chi connectivity index (χ1v) is 6.63. The number of thioether (sulfide) groups is 1. The third-order valence-electron chi connectivity index (χ3n) is 2.45. The Morgan fingerprint density at radius 2 is 2.07 bits per heavy atom. The fraction of sp³-hybridized carbons (Fsp3) is 1.00. The van der Waals surface area contributed by atoms with Crippen LogP contribution in [0.1, 0.15) is 13.3 Å². The summed E-state index contributed by atoms with van der Waals surface area (Å²) >= 11 is 2.05. The molecule has 0 aliphatic carbocycles. The largest absolute Gasteiger partial charge is 0.393 e. The molecular weight excluding hydrogens is 196 g/mol. The second kappa shape index (κ2) is 7.51. The number of nitrogens with zero attached hydrogens (tertiary/aromatic N) is 1. The van der Waals surface area contributed by atoms with Crippen molar-refractivity contribution in [3.8, 4) is 0 Å². The predicted octanol–water partition coefficient (Wildman–Crippen LogP) is 0.396. The number of hydrogen-bond acceptors (Lipinski definition) is 4. The van der Waals surface area contributed by atoms with E-state index in [1.54, 1.807) is 0 Å². The molecule has 0 amide bonds. The Labute approximate surface area is 91.2 Å². The maximum absolute atomic E-state index is 9.05. The van der Waals surface area contributed by atoms with Crippen LogP contribution in [0.15, 0.2) is 0 Å². The van der Waals surface area contributed by atoms with E-state index in [2.05, 4.69) is 22.0 Å². The second-order valence-corrected chi connectivity index (χ2v) is 5.07. The first kappa shape index (κ1) is 12.3. The van der Waals surface area contributed by atoms with E-state index in [0.29, 0.717) is 0 Å². The summed E-state index contributed by atoms with van der Waals surface area (Å²) in [7, 11) is 0. The highest BCUT2D eigenvalue weighted by molar-refractivity contribution is 7.99. The topological polar surface area (TPSA) is 35.5 Å². The molecule has 0 bridgehead atoms. The van der Waals surface area contributed by atoms with Gasteiger partial charge in [-0.25, -0.2) is 0 Å². The average molecular weight is 218 g/mol. The smallest absolute Gasteiger partial charge is 0.0524 e. The van der Waals surface area contributed by atoms with Gasteiger partial charge in [0.05, 0.1) is 6.10 Å². The molecule has 84 valence electrons. The summed E-state index contributed by atoms with van der Waals surface area (Å²) in [4.78, 5) is 2.51. The maximum Gasteiger partial charge on any atom is 0.0524 e. The van der Waals surface area contributed by atoms with E-state index in [0.717, 1.165) is 26.1 Å². The molecule has 0 aromatic carbocycles. The minimum Gasteiger partial charge on any atom is -0.393 e. The van der Waals surface area contributed by atoms with Crippen molar-refractivity contribution in [2.45, 2.75) is 19.4 Å². The molecule has 14 heavy (non-hydrogen) atoms. The molecule has 1 fully saturated rings. The van der Waals surface area contributed by atoms with E-state index in [1.807, 2.05) is 6.92 Å². The van der Waals surface area contributed by atoms with Gasteiger partial charge in [-0.1, -0.05) is 0 Å². The molecule has 1 unspecified atom stereocenters. The summed E-state index contributed by atoms with van der Waals surface area (Å²) < 4.78 is 0. The third-order valence-corrected chi connectivity index (χ3v) is 3.39. The number of aliphatic hydroxyl groups is 1. The fourth-order valence-electron chi connectivity index (χ4n) is 1.50. The van der Waals surface area contributed by atoms with Gasteiger partial charge < -0.3 is 15.3 Å². The minimum atomic E-state index is -0.172. The van der Waals surface area contributed by atoms with Gasteiger partial charge in [0, 0.05) is 37.7 Å². The van der Waals surface area contributed by atoms with Gasteiger partial charge in [0.25, 0.3) is 0 Å². The van der Waals surface area contributed by atoms with Crippen LogP contribution in [0.4, 0.5) is 0 Å². The first-order chi connectivity index (χ1) is 6.79. The summed E-state index contributed by atoms with van der Waals surface area (Å²) in [5, 5.41) is 12.4. The summed E-state index contributed by atoms with van der Waals surface area (Å²) in [6, 6.07) is 0. The molecule has 4 heteroatoms. The van der Waals surface area contributed by atoms with E-state index >= 15 is 0 Å². The van der Waals surface area contributed by atoms with Gasteiger partial charge >= 0.3 is 0 Å². The lowest BCUT2D eigenvalue weighted by Crippen LogP contribution is -2.38. The predicted molar refractivity (Wildman–Crippen MR) is 62.9 cm³/mol. The van der Waals surface area contributed by atoms with Crippen LogP contribution in [0.2, 0.25) is 0 Å². The van der Waals surface area contributed by atoms with Crippen LogP contribution in [0.5, 0.6) is 0 Å². The monoisotopic (exact) mass is 218 g/mol. The van der Waals surface area contributed by atoms with E-state index in [9.17, 15) is 0 Å². The highest BCUT2D eigenvalue weighted by atomic mass is 32.2. The molecule has 1 aliphatic heterocycles. The highest BCUT2D eigenvalue weighted by Gasteiger charge is 2.08. The van der Waals surface area contributed by atoms with E-state index in [-0.39, 0.29) is 6.10 Å². The van der Waals surface area contributed by atoms with Gasteiger partial charge in [-0.3, -0.25) is 0 Å². The average Bonchev–Trinajstić information content (AvgIpc) is 2.18. The minimum absolute atomic E-state index is 0.172. The van der Waals surface area contributed by atoms with Crippen molar-refractivity contribution in [1.29, 1.82) is 0 Å². The molecule has 3 nitrogen and oxygen atoms in total. The molecule has 1 aliphatic rings. The van der Waals surface area contributed by atoms with Crippen molar-refractivity contribution in [1.82, 2.24) is 10.2 Å². The van der Waals surface area contributed by atoms with Gasteiger partial charge in [0.15, 0.2) is 0 Å². The van der Waals surface area contributed by atoms with Crippen molar-refractivity contribution < 1.29 is 5.11 Å². The van der Waals surface area contributed by atoms with Crippen molar-refractivity contribution in [2.75, 3.05) is 44.2 Å². The first-order valence-electron chi connectivity index (χ1n) is 5.48. The Morgan fingerprint density at radius 3 is 2.71 bits per heavy atom. The Hall–Kier alpha value is 0.230. The van der Waals surface area contributed by atoms with Gasteiger partial charge in [0.1, 0.15) is 0 Å². The zero-order chi connectivity index (χ0) is 10.2. The lowest BCUT2D eigenvalue weighted by atomic mass is 10.3. The second-order valence-electron chi connectivity index (χ2n) is 3.84. The lowest BCUT2D eigenvalue weighted by Gasteiger charge is -2.26. The van der Waals surface area contributed by atoms with Gasteiger partial charge in [-0.2, -0.15) is 11.8 Å². The van der Waals surface area contributed by atoms with Crippen LogP contribution in [-0.4, -0.2) is 60.3 Å². The SMILES string of the molecule is CC(O)CCNCCN1CCSCC1. The van der Waals surface area contributed by atoms with Crippen molar-refractivity contribution in [3.63, 3.8) is 0 Å². The van der Waals surface area contributed by atoms with E-state index in [1.165, 1.54) is 24.6 Å². The van der Waals surface area contributed by atoms with E-state index < -0.39 is 0 Å². The Kier molecular flexibility index (Phi) is 6.60. The molecule has 2 N–H and O–H groups in total. The highest BCUT2D eigenvalue weighted by Crippen LogP contribution is 2.07. The van der Waals surface area contributed by atoms with Crippen LogP contribution in [-0.2, 0) is 0 Å². The summed E-state index contributed by atoms with van der Waals surface area (Å²) in [6.07, 6.45) is 0.685. The Bertz CT molecular complexity index is 138. The van der Waals surface area contributed by atoms with Crippen LogP contribution in [0.3, 0.4) is 0 Å². The van der Waals surface area contributed by atoms with Crippen molar-refractivity contribution in [2.24, 2.45) is 0 Å². The molecule has 0 aromatic heterocycles. The number of nitrogens with one attached hydrogen (secondary N) is 1. The molecular formula is C10H22N2OS. The summed E-state index contributed by atoms with van der Waals surface area (Å²) in [5.74, 6) is 2.57. The number of rotatable bonds is 6. The van der Waals surface area contributed by atoms with Crippen molar-refractivity contribution in [3.05, 3.63) is 0 Å². The van der Waals surface area contributed by atoms with Gasteiger partial charge in [-0.05, 0) is 19.9 Å². The Morgan fingerprint density at radius 1 is 1.36 bits per heavy atom. The molecule has 1 heterocycles. The van der Waals surface area contributed by atoms with Crippen LogP contribution in [0.25, 0.3) is 0 Å². The van der Waals surface area contributed by atoms with Crippen LogP contribution in [0, 0.1) is 0 Å². The third kappa shape index (κ3) is 5.86. The standard InChI is InChI=1S/C10H22N2OS/c1-10(13)2-3-11-4-5-12-6-8-14-9-7-12/h10-11,13H,2-9H2,1H3. The maximum atomic E-state index is 9.05. The molecule has 0 radical (unpaired) electrons. The fourth-order valence-corrected chi connectivity index (χ4v) is 2.48. The van der Waals surface area contributed by atoms with Crippen LogP contribution < -0.4 is 5.32 Å². The molecule has 1 atom stereocenters. The van der Waals surface area contributed by atoms with Crippen LogP contribution >= 0.6 is 11.8 Å². The lowest BCUT2D eigenvalue weighted by molar-refractivity contribution is 0.183. The normalized spacial score (nSPS) is 21.0. The molecule has 0 saturated carbocycles. The van der Waals surface area contributed by atoms with Crippen molar-refractivity contribution >= 4 is 11.8 Å². The summed E-state index contributed by atoms with van der Waals surface area (Å²) in [5.41, 5.74) is 0. The molecule has 0 spiro atoms. The zero-order valence-corrected chi connectivity index (χ0v) is 9.85. The number of hydrogen-bond donors (Lipinski definition) is 2. The molecule has 0 aromatic rings. The molecule has 1 rings (SSSR count). The van der Waals surface area contributed by atoms with Gasteiger partial charge in [0.2, 0.25) is 0 Å². The van der Waals surface area contributed by atoms with E-state index in [4.69, 9.17) is 5.11 Å². The molecule has 1 saturated heterocycles. The summed E-state index contributed by atoms with van der Waals surface area (Å²) in [6.45, 7) is 7.45. The van der Waals surface area contributed by atoms with Gasteiger partial charge in [-0.15, -0.1) is 0 Å². The number of aliphatic hydroxyl groups excluding tert-OH is 1. The Balaban J connectivity index is 1.87.